The zero-order valence-corrected chi connectivity index (χ0v) is 12.6. The second-order valence-electron chi connectivity index (χ2n) is 6.00. The van der Waals surface area contributed by atoms with Crippen LogP contribution in [0.4, 0.5) is 10.1 Å². The van der Waals surface area contributed by atoms with Gasteiger partial charge in [0.05, 0.1) is 5.69 Å². The summed E-state index contributed by atoms with van der Waals surface area (Å²) in [6.07, 6.45) is 2.49. The molecule has 1 fully saturated rings. The summed E-state index contributed by atoms with van der Waals surface area (Å²) in [5.41, 5.74) is 1.02. The Morgan fingerprint density at radius 2 is 2.10 bits per heavy atom. The topological polar surface area (TPSA) is 43.8 Å². The predicted molar refractivity (Wildman–Crippen MR) is 82.0 cm³/mol. The molecule has 0 spiro atoms. The number of halogens is 1. The number of carbonyl (C=O) groups is 1. The van der Waals surface area contributed by atoms with Crippen LogP contribution in [-0.2, 0) is 4.79 Å². The molecule has 0 bridgehead atoms. The fraction of sp³-hybridized carbons (Fsp3) is 0.438. The van der Waals surface area contributed by atoms with Gasteiger partial charge in [-0.1, -0.05) is 12.1 Å². The van der Waals surface area contributed by atoms with Crippen molar-refractivity contribution in [1.82, 2.24) is 4.90 Å². The molecule has 114 valence electrons. The van der Waals surface area contributed by atoms with E-state index in [2.05, 4.69) is 25.8 Å². The van der Waals surface area contributed by atoms with E-state index in [4.69, 9.17) is 5.11 Å². The molecule has 2 rings (SSSR count). The van der Waals surface area contributed by atoms with Gasteiger partial charge < -0.3 is 10.0 Å². The third-order valence-electron chi connectivity index (χ3n) is 4.06. The van der Waals surface area contributed by atoms with Crippen molar-refractivity contribution in [1.29, 1.82) is 0 Å². The maximum absolute atomic E-state index is 14.3. The van der Waals surface area contributed by atoms with Crippen LogP contribution in [0.5, 0.6) is 0 Å². The van der Waals surface area contributed by atoms with Gasteiger partial charge in [0.2, 0.25) is 0 Å². The van der Waals surface area contributed by atoms with Gasteiger partial charge >= 0.3 is 5.97 Å². The highest BCUT2D eigenvalue weighted by atomic mass is 19.1. The molecular formula is C16H21FN2O2. The third kappa shape index (κ3) is 3.42. The van der Waals surface area contributed by atoms with Crippen LogP contribution in [0, 0.1) is 5.82 Å². The molecule has 0 radical (unpaired) electrons. The monoisotopic (exact) mass is 292 g/mol. The maximum atomic E-state index is 14.3. The van der Waals surface area contributed by atoms with E-state index in [-0.39, 0.29) is 11.4 Å². The van der Waals surface area contributed by atoms with Gasteiger partial charge in [0, 0.05) is 36.8 Å². The lowest BCUT2D eigenvalue weighted by Crippen LogP contribution is -2.58. The van der Waals surface area contributed by atoms with E-state index in [9.17, 15) is 9.18 Å². The van der Waals surface area contributed by atoms with Gasteiger partial charge in [-0.05, 0) is 33.0 Å². The molecule has 21 heavy (non-hydrogen) atoms. The Hall–Kier alpha value is -1.88. The lowest BCUT2D eigenvalue weighted by atomic mass is 9.98. The Kier molecular flexibility index (Phi) is 4.32. The molecule has 5 heteroatoms. The molecule has 1 aliphatic heterocycles. The quantitative estimate of drug-likeness (QED) is 0.869. The first-order chi connectivity index (χ1) is 9.81. The van der Waals surface area contributed by atoms with Crippen LogP contribution in [0.1, 0.15) is 19.4 Å². The van der Waals surface area contributed by atoms with Crippen molar-refractivity contribution in [2.75, 3.05) is 31.6 Å². The van der Waals surface area contributed by atoms with Gasteiger partial charge in [-0.25, -0.2) is 9.18 Å². The highest BCUT2D eigenvalue weighted by Gasteiger charge is 2.32. The molecular weight excluding hydrogens is 271 g/mol. The summed E-state index contributed by atoms with van der Waals surface area (Å²) in [5, 5.41) is 8.76. The third-order valence-corrected chi connectivity index (χ3v) is 4.06. The summed E-state index contributed by atoms with van der Waals surface area (Å²) in [4.78, 5) is 14.9. The summed E-state index contributed by atoms with van der Waals surface area (Å²) in [7, 11) is 2.06. The summed E-state index contributed by atoms with van der Waals surface area (Å²) in [6.45, 7) is 6.48. The van der Waals surface area contributed by atoms with Gasteiger partial charge in [-0.3, -0.25) is 4.90 Å². The first-order valence-electron chi connectivity index (χ1n) is 6.97. The van der Waals surface area contributed by atoms with Crippen LogP contribution in [0.3, 0.4) is 0 Å². The van der Waals surface area contributed by atoms with Crippen LogP contribution in [0.25, 0.3) is 6.08 Å². The minimum absolute atomic E-state index is 0.0612. The fourth-order valence-electron chi connectivity index (χ4n) is 2.59. The highest BCUT2D eigenvalue weighted by molar-refractivity contribution is 5.87. The Labute approximate surface area is 124 Å². The van der Waals surface area contributed by atoms with Crippen molar-refractivity contribution in [2.24, 2.45) is 0 Å². The number of nitrogens with zero attached hydrogens (tertiary/aromatic N) is 2. The molecule has 0 amide bonds. The normalized spacial score (nSPS) is 19.1. The van der Waals surface area contributed by atoms with Crippen molar-refractivity contribution >= 4 is 17.7 Å². The first kappa shape index (κ1) is 15.5. The largest absolute Gasteiger partial charge is 0.478 e. The second-order valence-corrected chi connectivity index (χ2v) is 6.00. The number of likely N-dealkylation sites (N-methyl/N-ethyl adjacent to an activating group) is 1. The van der Waals surface area contributed by atoms with E-state index in [1.54, 1.807) is 12.1 Å². The lowest BCUT2D eigenvalue weighted by Gasteiger charge is -2.46. The number of carboxylic acid groups (broad SMARTS) is 1. The number of rotatable bonds is 3. The Bertz CT molecular complexity index is 569. The number of carboxylic acids is 1. The molecule has 1 saturated heterocycles. The van der Waals surface area contributed by atoms with E-state index in [0.717, 1.165) is 19.2 Å². The Morgan fingerprint density at radius 3 is 2.71 bits per heavy atom. The fourth-order valence-corrected chi connectivity index (χ4v) is 2.59. The summed E-state index contributed by atoms with van der Waals surface area (Å²) >= 11 is 0. The molecule has 4 nitrogen and oxygen atoms in total. The SMILES string of the molecule is CN1CCN(c2c(F)cccc2/C=C/C(=O)O)CC1(C)C. The van der Waals surface area contributed by atoms with E-state index in [1.807, 2.05) is 4.90 Å². The minimum atomic E-state index is -1.04. The molecule has 1 N–H and O–H groups in total. The number of anilines is 1. The molecule has 0 atom stereocenters. The van der Waals surface area contributed by atoms with Crippen LogP contribution >= 0.6 is 0 Å². The van der Waals surface area contributed by atoms with E-state index >= 15 is 0 Å². The predicted octanol–water partition coefficient (Wildman–Crippen LogP) is 2.45. The van der Waals surface area contributed by atoms with Crippen molar-refractivity contribution < 1.29 is 14.3 Å². The average molecular weight is 292 g/mol. The van der Waals surface area contributed by atoms with E-state index < -0.39 is 5.97 Å². The molecule has 1 aromatic rings. The highest BCUT2D eigenvalue weighted by Crippen LogP contribution is 2.30. The number of hydrogen-bond donors (Lipinski definition) is 1. The summed E-state index contributed by atoms with van der Waals surface area (Å²) < 4.78 is 14.3. The van der Waals surface area contributed by atoms with Crippen LogP contribution in [-0.4, -0.2) is 48.2 Å². The standard InChI is InChI=1S/C16H21FN2O2/c1-16(2)11-19(10-9-18(16)3)15-12(7-8-14(20)21)5-4-6-13(15)17/h4-8H,9-11H2,1-3H3,(H,20,21)/b8-7+. The molecule has 0 aliphatic carbocycles. The zero-order valence-electron chi connectivity index (χ0n) is 12.6. The smallest absolute Gasteiger partial charge is 0.328 e. The van der Waals surface area contributed by atoms with Gasteiger partial charge in [-0.2, -0.15) is 0 Å². The van der Waals surface area contributed by atoms with Crippen LogP contribution < -0.4 is 4.90 Å². The summed E-state index contributed by atoms with van der Waals surface area (Å²) in [5.74, 6) is -1.35. The van der Waals surface area contributed by atoms with Crippen molar-refractivity contribution in [3.63, 3.8) is 0 Å². The number of para-hydroxylation sites is 1. The molecule has 0 saturated carbocycles. The Morgan fingerprint density at radius 1 is 1.38 bits per heavy atom. The van der Waals surface area contributed by atoms with Gasteiger partial charge in [0.1, 0.15) is 5.82 Å². The zero-order chi connectivity index (χ0) is 15.6. The van der Waals surface area contributed by atoms with E-state index in [0.29, 0.717) is 17.8 Å². The van der Waals surface area contributed by atoms with Crippen LogP contribution in [0.15, 0.2) is 24.3 Å². The molecule has 1 aliphatic rings. The molecule has 1 aromatic carbocycles. The molecule has 0 aromatic heterocycles. The summed E-state index contributed by atoms with van der Waals surface area (Å²) in [6, 6.07) is 4.75. The number of piperazine rings is 1. The van der Waals surface area contributed by atoms with Crippen molar-refractivity contribution in [2.45, 2.75) is 19.4 Å². The van der Waals surface area contributed by atoms with Gasteiger partial charge in [-0.15, -0.1) is 0 Å². The average Bonchev–Trinajstić information content (AvgIpc) is 2.39. The van der Waals surface area contributed by atoms with Crippen molar-refractivity contribution in [3.8, 4) is 0 Å². The minimum Gasteiger partial charge on any atom is -0.478 e. The number of hydrogen-bond acceptors (Lipinski definition) is 3. The first-order valence-corrected chi connectivity index (χ1v) is 6.97. The van der Waals surface area contributed by atoms with Crippen LogP contribution in [0.2, 0.25) is 0 Å². The maximum Gasteiger partial charge on any atom is 0.328 e. The molecule has 1 heterocycles. The van der Waals surface area contributed by atoms with Gasteiger partial charge in [0.25, 0.3) is 0 Å². The number of benzene rings is 1. The van der Waals surface area contributed by atoms with Crippen molar-refractivity contribution in [3.05, 3.63) is 35.7 Å². The second kappa shape index (κ2) is 5.85. The lowest BCUT2D eigenvalue weighted by molar-refractivity contribution is -0.131. The van der Waals surface area contributed by atoms with Gasteiger partial charge in [0.15, 0.2) is 0 Å². The van der Waals surface area contributed by atoms with E-state index in [1.165, 1.54) is 12.1 Å². The number of aliphatic carboxylic acids is 1. The Balaban J connectivity index is 2.37. The molecule has 0 unspecified atom stereocenters.